The molecule has 0 spiro atoms. The highest BCUT2D eigenvalue weighted by Crippen LogP contribution is 2.34. The molecule has 1 saturated heterocycles. The zero-order chi connectivity index (χ0) is 13.9. The Labute approximate surface area is 121 Å². The lowest BCUT2D eigenvalue weighted by Crippen LogP contribution is -2.36. The molecule has 0 aromatic carbocycles. The largest absolute Gasteiger partial charge is 0.340 e. The van der Waals surface area contributed by atoms with Gasteiger partial charge < -0.3 is 10.6 Å². The first-order valence-corrected chi connectivity index (χ1v) is 8.13. The Hall–Kier alpha value is -1.10. The van der Waals surface area contributed by atoms with Gasteiger partial charge in [-0.2, -0.15) is 4.98 Å². The van der Waals surface area contributed by atoms with Crippen molar-refractivity contribution in [1.29, 1.82) is 0 Å². The van der Waals surface area contributed by atoms with E-state index in [1.54, 1.807) is 0 Å². The van der Waals surface area contributed by atoms with E-state index in [2.05, 4.69) is 22.0 Å². The number of rotatable bonds is 3. The second-order valence-corrected chi connectivity index (χ2v) is 6.64. The van der Waals surface area contributed by atoms with Gasteiger partial charge in [0, 0.05) is 19.0 Å². The summed E-state index contributed by atoms with van der Waals surface area (Å²) in [5, 5.41) is 7.63. The first-order chi connectivity index (χ1) is 9.76. The minimum Gasteiger partial charge on any atom is -0.340 e. The molecule has 0 unspecified atom stereocenters. The quantitative estimate of drug-likeness (QED) is 0.889. The van der Waals surface area contributed by atoms with Gasteiger partial charge in [0.1, 0.15) is 5.82 Å². The predicted octanol–water partition coefficient (Wildman–Crippen LogP) is 2.27. The van der Waals surface area contributed by atoms with Crippen LogP contribution in [0, 0.1) is 11.8 Å². The lowest BCUT2D eigenvalue weighted by molar-refractivity contribution is 0.340. The third-order valence-electron chi connectivity index (χ3n) is 5.12. The van der Waals surface area contributed by atoms with Crippen molar-refractivity contribution in [3.63, 3.8) is 0 Å². The number of piperidine rings is 1. The molecule has 0 bridgehead atoms. The summed E-state index contributed by atoms with van der Waals surface area (Å²) in [5.74, 6) is 4.16. The van der Waals surface area contributed by atoms with Gasteiger partial charge in [-0.15, -0.1) is 5.10 Å². The fraction of sp³-hybridized carbons (Fsp3) is 0.867. The van der Waals surface area contributed by atoms with Gasteiger partial charge >= 0.3 is 0 Å². The second-order valence-electron chi connectivity index (χ2n) is 6.64. The molecular formula is C15H27N5. The van der Waals surface area contributed by atoms with Crippen molar-refractivity contribution in [2.75, 3.05) is 24.5 Å². The van der Waals surface area contributed by atoms with E-state index < -0.39 is 0 Å². The van der Waals surface area contributed by atoms with Crippen molar-refractivity contribution in [1.82, 2.24) is 15.2 Å². The van der Waals surface area contributed by atoms with Crippen LogP contribution >= 0.6 is 0 Å². The van der Waals surface area contributed by atoms with Crippen LogP contribution in [0.3, 0.4) is 0 Å². The summed E-state index contributed by atoms with van der Waals surface area (Å²) in [4.78, 5) is 7.06. The number of nitrogens with zero attached hydrogens (tertiary/aromatic N) is 3. The molecule has 0 radical (unpaired) electrons. The van der Waals surface area contributed by atoms with Crippen molar-refractivity contribution in [3.05, 3.63) is 5.82 Å². The summed E-state index contributed by atoms with van der Waals surface area (Å²) >= 11 is 0. The van der Waals surface area contributed by atoms with E-state index in [1.807, 2.05) is 0 Å². The van der Waals surface area contributed by atoms with Crippen LogP contribution in [0.2, 0.25) is 0 Å². The smallest absolute Gasteiger partial charge is 0.244 e. The van der Waals surface area contributed by atoms with E-state index in [0.717, 1.165) is 37.3 Å². The summed E-state index contributed by atoms with van der Waals surface area (Å²) in [7, 11) is 0. The van der Waals surface area contributed by atoms with E-state index in [-0.39, 0.29) is 0 Å². The van der Waals surface area contributed by atoms with Gasteiger partial charge in [-0.1, -0.05) is 19.8 Å². The molecule has 5 heteroatoms. The Morgan fingerprint density at radius 1 is 1.15 bits per heavy atom. The number of hydrogen-bond donors (Lipinski definition) is 2. The number of aromatic nitrogens is 3. The topological polar surface area (TPSA) is 70.8 Å². The fourth-order valence-electron chi connectivity index (χ4n) is 3.49. The molecule has 1 aromatic rings. The van der Waals surface area contributed by atoms with Crippen LogP contribution in [0.1, 0.15) is 57.2 Å². The molecule has 1 aliphatic carbocycles. The molecular weight excluding hydrogens is 250 g/mol. The second kappa shape index (κ2) is 6.12. The van der Waals surface area contributed by atoms with E-state index in [0.29, 0.717) is 11.8 Å². The zero-order valence-corrected chi connectivity index (χ0v) is 12.5. The lowest BCUT2D eigenvalue weighted by Gasteiger charge is -2.30. The third-order valence-corrected chi connectivity index (χ3v) is 5.12. The molecule has 0 amide bonds. The number of H-pyrrole nitrogens is 1. The van der Waals surface area contributed by atoms with Gasteiger partial charge in [-0.25, -0.2) is 0 Å². The Kier molecular flexibility index (Phi) is 4.24. The molecule has 2 fully saturated rings. The first kappa shape index (κ1) is 13.9. The van der Waals surface area contributed by atoms with Crippen molar-refractivity contribution in [3.8, 4) is 0 Å². The Morgan fingerprint density at radius 3 is 2.50 bits per heavy atom. The third kappa shape index (κ3) is 2.97. The van der Waals surface area contributed by atoms with Gasteiger partial charge in [0.2, 0.25) is 5.95 Å². The molecule has 20 heavy (non-hydrogen) atoms. The van der Waals surface area contributed by atoms with E-state index >= 15 is 0 Å². The summed E-state index contributed by atoms with van der Waals surface area (Å²) in [6, 6.07) is 0. The number of aromatic amines is 1. The highest BCUT2D eigenvalue weighted by atomic mass is 15.4. The normalized spacial score (nSPS) is 28.8. The number of hydrogen-bond acceptors (Lipinski definition) is 4. The predicted molar refractivity (Wildman–Crippen MR) is 80.7 cm³/mol. The average molecular weight is 277 g/mol. The molecule has 3 N–H and O–H groups in total. The van der Waals surface area contributed by atoms with Crippen LogP contribution < -0.4 is 10.6 Å². The summed E-state index contributed by atoms with van der Waals surface area (Å²) < 4.78 is 0. The summed E-state index contributed by atoms with van der Waals surface area (Å²) in [6.07, 6.45) is 7.49. The Balaban J connectivity index is 1.59. The zero-order valence-electron chi connectivity index (χ0n) is 12.5. The van der Waals surface area contributed by atoms with Gasteiger partial charge in [0.15, 0.2) is 0 Å². The molecule has 2 aliphatic rings. The van der Waals surface area contributed by atoms with Gasteiger partial charge in [-0.05, 0) is 44.1 Å². The van der Waals surface area contributed by atoms with E-state index in [9.17, 15) is 0 Å². The monoisotopic (exact) mass is 277 g/mol. The molecule has 1 aromatic heterocycles. The average Bonchev–Trinajstić information content (AvgIpc) is 2.98. The number of nitrogens with two attached hydrogens (primary N) is 1. The SMILES string of the molecule is CC1CCC(c2nc(N3CCC(CN)CC3)n[nH]2)CC1. The van der Waals surface area contributed by atoms with E-state index in [4.69, 9.17) is 10.7 Å². The van der Waals surface area contributed by atoms with Crippen LogP contribution in [-0.4, -0.2) is 34.8 Å². The van der Waals surface area contributed by atoms with Crippen LogP contribution in [0.25, 0.3) is 0 Å². The highest BCUT2D eigenvalue weighted by molar-refractivity contribution is 5.30. The van der Waals surface area contributed by atoms with Crippen LogP contribution in [0.15, 0.2) is 0 Å². The maximum atomic E-state index is 5.74. The number of anilines is 1. The Bertz CT molecular complexity index is 414. The standard InChI is InChI=1S/C15H27N5/c1-11-2-4-13(5-3-11)14-17-15(19-18-14)20-8-6-12(10-16)7-9-20/h11-13H,2-10,16H2,1H3,(H,17,18,19). The van der Waals surface area contributed by atoms with Crippen LogP contribution in [0.5, 0.6) is 0 Å². The van der Waals surface area contributed by atoms with Crippen molar-refractivity contribution >= 4 is 5.95 Å². The minimum atomic E-state index is 0.592. The van der Waals surface area contributed by atoms with E-state index in [1.165, 1.54) is 38.5 Å². The molecule has 2 heterocycles. The van der Waals surface area contributed by atoms with Gasteiger partial charge in [-0.3, -0.25) is 5.10 Å². The lowest BCUT2D eigenvalue weighted by atomic mass is 9.83. The van der Waals surface area contributed by atoms with Crippen molar-refractivity contribution < 1.29 is 0 Å². The molecule has 112 valence electrons. The van der Waals surface area contributed by atoms with Crippen LogP contribution in [-0.2, 0) is 0 Å². The number of nitrogens with one attached hydrogen (secondary N) is 1. The summed E-state index contributed by atoms with van der Waals surface area (Å²) in [6.45, 7) is 5.25. The minimum absolute atomic E-state index is 0.592. The van der Waals surface area contributed by atoms with Gasteiger partial charge in [0.05, 0.1) is 0 Å². The molecule has 0 atom stereocenters. The van der Waals surface area contributed by atoms with Gasteiger partial charge in [0.25, 0.3) is 0 Å². The maximum absolute atomic E-state index is 5.74. The first-order valence-electron chi connectivity index (χ1n) is 8.13. The van der Waals surface area contributed by atoms with Crippen molar-refractivity contribution in [2.24, 2.45) is 17.6 Å². The highest BCUT2D eigenvalue weighted by Gasteiger charge is 2.25. The Morgan fingerprint density at radius 2 is 1.85 bits per heavy atom. The van der Waals surface area contributed by atoms with Crippen LogP contribution in [0.4, 0.5) is 5.95 Å². The molecule has 5 nitrogen and oxygen atoms in total. The molecule has 1 aliphatic heterocycles. The fourth-order valence-corrected chi connectivity index (χ4v) is 3.49. The summed E-state index contributed by atoms with van der Waals surface area (Å²) in [5.41, 5.74) is 5.74. The molecule has 1 saturated carbocycles. The van der Waals surface area contributed by atoms with Crippen molar-refractivity contribution in [2.45, 2.75) is 51.4 Å². The maximum Gasteiger partial charge on any atom is 0.244 e. The molecule has 3 rings (SSSR count).